The first kappa shape index (κ1) is 23.1. The largest absolute Gasteiger partial charge is 0.460 e. The summed E-state index contributed by atoms with van der Waals surface area (Å²) >= 11 is 0. The SMILES string of the molecule is CC(C)CNC(F)(F)C(F)(C(F)(F)F)C(F)(F)C(F)(F)C(F)(F)F. The first-order chi connectivity index (χ1) is 10.2. The maximum Gasteiger partial charge on any atom is 0.460 e. The highest BCUT2D eigenvalue weighted by atomic mass is 19.4. The third-order valence-electron chi connectivity index (χ3n) is 2.74. The van der Waals surface area contributed by atoms with Crippen molar-refractivity contribution in [3.63, 3.8) is 0 Å². The molecule has 24 heavy (non-hydrogen) atoms. The molecule has 0 saturated carbocycles. The Bertz CT molecular complexity index is 435. The number of halogens is 13. The van der Waals surface area contributed by atoms with E-state index in [0.717, 1.165) is 13.8 Å². The van der Waals surface area contributed by atoms with E-state index in [1.165, 1.54) is 0 Å². The van der Waals surface area contributed by atoms with Crippen LogP contribution in [0.4, 0.5) is 57.1 Å². The molecule has 0 saturated heterocycles. The molecule has 1 unspecified atom stereocenters. The van der Waals surface area contributed by atoms with Gasteiger partial charge >= 0.3 is 35.9 Å². The highest BCUT2D eigenvalue weighted by Gasteiger charge is 2.93. The van der Waals surface area contributed by atoms with Crippen LogP contribution in [0.3, 0.4) is 0 Å². The maximum atomic E-state index is 13.7. The van der Waals surface area contributed by atoms with Crippen LogP contribution in [0, 0.1) is 5.92 Å². The Morgan fingerprint density at radius 2 is 1.00 bits per heavy atom. The van der Waals surface area contributed by atoms with Gasteiger partial charge in [-0.25, -0.2) is 4.39 Å². The van der Waals surface area contributed by atoms with E-state index in [0.29, 0.717) is 5.32 Å². The summed E-state index contributed by atoms with van der Waals surface area (Å²) in [5, 5.41) is 0.326. The van der Waals surface area contributed by atoms with Gasteiger partial charge in [0.2, 0.25) is 0 Å². The number of hydrogen-bond donors (Lipinski definition) is 1. The van der Waals surface area contributed by atoms with Crippen LogP contribution in [0.2, 0.25) is 0 Å². The number of nitrogens with one attached hydrogen (secondary N) is 1. The molecule has 0 bridgehead atoms. The minimum atomic E-state index is -7.87. The maximum absolute atomic E-state index is 13.7. The molecule has 0 aromatic rings. The molecule has 0 aliphatic rings. The van der Waals surface area contributed by atoms with Crippen molar-refractivity contribution in [2.24, 2.45) is 5.92 Å². The van der Waals surface area contributed by atoms with Crippen molar-refractivity contribution in [3.8, 4) is 0 Å². The van der Waals surface area contributed by atoms with Crippen molar-refractivity contribution in [3.05, 3.63) is 0 Å². The molecule has 0 radical (unpaired) electrons. The second-order valence-electron chi connectivity index (χ2n) is 5.15. The van der Waals surface area contributed by atoms with Crippen LogP contribution >= 0.6 is 0 Å². The molecule has 146 valence electrons. The molecule has 0 aliphatic carbocycles. The van der Waals surface area contributed by atoms with Gasteiger partial charge in [-0.05, 0) is 5.92 Å². The molecule has 1 nitrogen and oxygen atoms in total. The third kappa shape index (κ3) is 3.38. The van der Waals surface area contributed by atoms with E-state index in [1.54, 1.807) is 0 Å². The predicted molar refractivity (Wildman–Crippen MR) is 53.6 cm³/mol. The Kier molecular flexibility index (Phi) is 5.85. The molecule has 0 aromatic carbocycles. The lowest BCUT2D eigenvalue weighted by molar-refractivity contribution is -0.443. The Labute approximate surface area is 126 Å². The molecule has 0 heterocycles. The fraction of sp³-hybridized carbons (Fsp3) is 1.00. The molecule has 0 amide bonds. The second kappa shape index (κ2) is 6.09. The van der Waals surface area contributed by atoms with Crippen LogP contribution in [0.1, 0.15) is 13.8 Å². The van der Waals surface area contributed by atoms with Gasteiger partial charge in [0.15, 0.2) is 0 Å². The van der Waals surface area contributed by atoms with Gasteiger partial charge in [0.1, 0.15) is 0 Å². The Morgan fingerprint density at radius 3 is 1.25 bits per heavy atom. The van der Waals surface area contributed by atoms with Crippen molar-refractivity contribution in [1.82, 2.24) is 5.32 Å². The monoisotopic (exact) mass is 391 g/mol. The Balaban J connectivity index is 6.40. The van der Waals surface area contributed by atoms with Gasteiger partial charge in [-0.3, -0.25) is 5.32 Å². The molecule has 14 heteroatoms. The molecular formula is C10H10F13N. The van der Waals surface area contributed by atoms with E-state index in [-0.39, 0.29) is 0 Å². The molecule has 0 rings (SSSR count). The van der Waals surface area contributed by atoms with Crippen LogP contribution in [-0.4, -0.2) is 42.5 Å². The molecule has 0 aliphatic heterocycles. The van der Waals surface area contributed by atoms with Gasteiger partial charge in [0.05, 0.1) is 0 Å². The lowest BCUT2D eigenvalue weighted by Gasteiger charge is -2.43. The summed E-state index contributed by atoms with van der Waals surface area (Å²) in [5.74, 6) is -16.6. The standard InChI is InChI=1S/C10H10F13N/c1-4(2)3-24-10(22,23)5(11,8(16,17)18)6(12,13)7(14,15)9(19,20)21/h4,24H,3H2,1-2H3. The van der Waals surface area contributed by atoms with E-state index in [4.69, 9.17) is 0 Å². The van der Waals surface area contributed by atoms with Gasteiger partial charge in [-0.1, -0.05) is 13.8 Å². The Morgan fingerprint density at radius 1 is 0.625 bits per heavy atom. The van der Waals surface area contributed by atoms with E-state index >= 15 is 0 Å². The Hall–Kier alpha value is -0.950. The zero-order valence-electron chi connectivity index (χ0n) is 11.7. The van der Waals surface area contributed by atoms with Crippen molar-refractivity contribution >= 4 is 0 Å². The van der Waals surface area contributed by atoms with Gasteiger partial charge in [-0.2, -0.15) is 52.7 Å². The summed E-state index contributed by atoms with van der Waals surface area (Å²) < 4.78 is 165. The first-order valence-corrected chi connectivity index (χ1v) is 5.87. The second-order valence-corrected chi connectivity index (χ2v) is 5.15. The molecule has 1 atom stereocenters. The van der Waals surface area contributed by atoms with Crippen LogP contribution < -0.4 is 5.32 Å². The lowest BCUT2D eigenvalue weighted by Crippen LogP contribution is -2.76. The molecular weight excluding hydrogens is 381 g/mol. The van der Waals surface area contributed by atoms with Crippen LogP contribution in [-0.2, 0) is 0 Å². The highest BCUT2D eigenvalue weighted by Crippen LogP contribution is 2.61. The lowest BCUT2D eigenvalue weighted by atomic mass is 9.88. The molecule has 0 spiro atoms. The van der Waals surface area contributed by atoms with E-state index in [9.17, 15) is 57.1 Å². The van der Waals surface area contributed by atoms with Crippen molar-refractivity contribution < 1.29 is 57.1 Å². The van der Waals surface area contributed by atoms with Crippen LogP contribution in [0.15, 0.2) is 0 Å². The summed E-state index contributed by atoms with van der Waals surface area (Å²) in [6, 6.07) is -6.49. The summed E-state index contributed by atoms with van der Waals surface area (Å²) in [5.41, 5.74) is -7.54. The fourth-order valence-corrected chi connectivity index (χ4v) is 1.40. The van der Waals surface area contributed by atoms with Crippen molar-refractivity contribution in [2.45, 2.75) is 49.8 Å². The molecule has 0 aromatic heterocycles. The zero-order valence-corrected chi connectivity index (χ0v) is 11.7. The predicted octanol–water partition coefficient (Wildman–Crippen LogP) is 4.93. The molecule has 0 fully saturated rings. The number of alkyl halides is 13. The van der Waals surface area contributed by atoms with Crippen LogP contribution in [0.5, 0.6) is 0 Å². The van der Waals surface area contributed by atoms with E-state index in [2.05, 4.69) is 0 Å². The zero-order chi connectivity index (χ0) is 20.0. The van der Waals surface area contributed by atoms with E-state index < -0.39 is 48.4 Å². The number of hydrogen-bond acceptors (Lipinski definition) is 1. The normalized spacial score (nSPS) is 18.0. The quantitative estimate of drug-likeness (QED) is 0.500. The average molecular weight is 391 g/mol. The van der Waals surface area contributed by atoms with Crippen molar-refractivity contribution in [2.75, 3.05) is 6.54 Å². The van der Waals surface area contributed by atoms with Gasteiger partial charge in [0.25, 0.3) is 0 Å². The van der Waals surface area contributed by atoms with E-state index in [1.807, 2.05) is 0 Å². The minimum Gasteiger partial charge on any atom is -0.255 e. The van der Waals surface area contributed by atoms with Crippen LogP contribution in [0.25, 0.3) is 0 Å². The highest BCUT2D eigenvalue weighted by molar-refractivity contribution is 5.14. The van der Waals surface area contributed by atoms with Gasteiger partial charge in [-0.15, -0.1) is 0 Å². The fourth-order valence-electron chi connectivity index (χ4n) is 1.40. The third-order valence-corrected chi connectivity index (χ3v) is 2.74. The minimum absolute atomic E-state index is 0.326. The summed E-state index contributed by atoms with van der Waals surface area (Å²) in [7, 11) is 0. The molecule has 1 N–H and O–H groups in total. The van der Waals surface area contributed by atoms with Gasteiger partial charge in [0, 0.05) is 6.54 Å². The summed E-state index contributed by atoms with van der Waals surface area (Å²) in [6.45, 7) is 0.792. The van der Waals surface area contributed by atoms with Crippen molar-refractivity contribution in [1.29, 1.82) is 0 Å². The summed E-state index contributed by atoms with van der Waals surface area (Å²) in [6.07, 6.45) is -14.9. The summed E-state index contributed by atoms with van der Waals surface area (Å²) in [4.78, 5) is 0. The topological polar surface area (TPSA) is 12.0 Å². The first-order valence-electron chi connectivity index (χ1n) is 5.87. The smallest absolute Gasteiger partial charge is 0.255 e. The van der Waals surface area contributed by atoms with Gasteiger partial charge < -0.3 is 0 Å². The number of rotatable bonds is 6. The average Bonchev–Trinajstić information content (AvgIpc) is 2.32.